The maximum atomic E-state index is 12.9. The first-order valence-corrected chi connectivity index (χ1v) is 10.1. The Morgan fingerprint density at radius 3 is 2.39 bits per heavy atom. The summed E-state index contributed by atoms with van der Waals surface area (Å²) in [7, 11) is 3.07. The van der Waals surface area contributed by atoms with E-state index in [9.17, 15) is 9.59 Å². The van der Waals surface area contributed by atoms with Crippen LogP contribution in [0.5, 0.6) is 11.5 Å². The lowest BCUT2D eigenvalue weighted by Gasteiger charge is -2.58. The number of hydrogen-bond donors (Lipinski definition) is 1. The van der Waals surface area contributed by atoms with E-state index in [-0.39, 0.29) is 23.4 Å². The molecule has 1 amide bonds. The smallest absolute Gasteiger partial charge is 0.312 e. The third-order valence-corrected chi connectivity index (χ3v) is 6.87. The van der Waals surface area contributed by atoms with Gasteiger partial charge < -0.3 is 19.5 Å². The van der Waals surface area contributed by atoms with E-state index in [1.54, 1.807) is 25.3 Å². The van der Waals surface area contributed by atoms with Crippen molar-refractivity contribution in [3.05, 3.63) is 18.2 Å². The molecular weight excluding hydrogens is 382 g/mol. The second-order valence-corrected chi connectivity index (χ2v) is 9.39. The first-order chi connectivity index (χ1) is 13.3. The van der Waals surface area contributed by atoms with Crippen LogP contribution in [0.2, 0.25) is 0 Å². The third kappa shape index (κ3) is 3.54. The molecule has 2 atom stereocenters. The van der Waals surface area contributed by atoms with Gasteiger partial charge in [0.1, 0.15) is 0 Å². The summed E-state index contributed by atoms with van der Waals surface area (Å²) in [6.07, 6.45) is 5.52. The quantitative estimate of drug-likeness (QED) is 0.574. The summed E-state index contributed by atoms with van der Waals surface area (Å²) in [5, 5.41) is 2.73. The van der Waals surface area contributed by atoms with Crippen LogP contribution in [0.25, 0.3) is 0 Å². The van der Waals surface area contributed by atoms with Crippen LogP contribution in [0.4, 0.5) is 5.69 Å². The van der Waals surface area contributed by atoms with Crippen molar-refractivity contribution >= 4 is 29.2 Å². The number of halogens is 1. The molecule has 1 N–H and O–H groups in total. The van der Waals surface area contributed by atoms with Crippen LogP contribution in [0.15, 0.2) is 18.2 Å². The lowest BCUT2D eigenvalue weighted by Crippen LogP contribution is -2.56. The number of alkyl halides is 1. The summed E-state index contributed by atoms with van der Waals surface area (Å²) >= 11 is 6.78. The lowest BCUT2D eigenvalue weighted by molar-refractivity contribution is -0.171. The van der Waals surface area contributed by atoms with E-state index in [1.807, 2.05) is 0 Å². The number of anilines is 1. The molecule has 28 heavy (non-hydrogen) atoms. The van der Waals surface area contributed by atoms with E-state index in [0.717, 1.165) is 25.7 Å². The molecule has 0 heterocycles. The zero-order valence-corrected chi connectivity index (χ0v) is 17.0. The molecular formula is C21H26ClNO5. The highest BCUT2D eigenvalue weighted by atomic mass is 35.5. The number of rotatable bonds is 6. The second kappa shape index (κ2) is 7.14. The lowest BCUT2D eigenvalue weighted by atomic mass is 9.49. The van der Waals surface area contributed by atoms with Crippen molar-refractivity contribution in [3.8, 4) is 11.5 Å². The zero-order valence-electron chi connectivity index (χ0n) is 16.3. The van der Waals surface area contributed by atoms with E-state index in [0.29, 0.717) is 35.4 Å². The number of esters is 1. The van der Waals surface area contributed by atoms with Crippen LogP contribution >= 0.6 is 11.6 Å². The molecule has 0 aliphatic heterocycles. The molecule has 4 fully saturated rings. The molecule has 4 bridgehead atoms. The Kier molecular flexibility index (Phi) is 4.94. The average molecular weight is 408 g/mol. The SMILES string of the molecule is COc1ccc(NC(=O)COC(=O)C23CC4CC(CC(Cl)(C4)C2)C3)cc1OC. The van der Waals surface area contributed by atoms with Gasteiger partial charge in [-0.15, -0.1) is 11.6 Å². The number of ether oxygens (including phenoxy) is 3. The fourth-order valence-electron chi connectivity index (χ4n) is 5.78. The zero-order chi connectivity index (χ0) is 19.9. The molecule has 4 aliphatic carbocycles. The van der Waals surface area contributed by atoms with Gasteiger partial charge in [0.05, 0.1) is 19.6 Å². The number of amides is 1. The molecule has 5 rings (SSSR count). The Balaban J connectivity index is 1.36. The number of nitrogens with one attached hydrogen (secondary N) is 1. The summed E-state index contributed by atoms with van der Waals surface area (Å²) in [5.74, 6) is 1.45. The van der Waals surface area contributed by atoms with Gasteiger partial charge in [0.15, 0.2) is 18.1 Å². The van der Waals surface area contributed by atoms with Gasteiger partial charge in [-0.3, -0.25) is 9.59 Å². The number of carbonyl (C=O) groups is 2. The van der Waals surface area contributed by atoms with Crippen LogP contribution in [-0.2, 0) is 14.3 Å². The van der Waals surface area contributed by atoms with Crippen molar-refractivity contribution in [1.82, 2.24) is 0 Å². The third-order valence-electron chi connectivity index (χ3n) is 6.42. The summed E-state index contributed by atoms with van der Waals surface area (Å²) in [6.45, 7) is -0.306. The highest BCUT2D eigenvalue weighted by molar-refractivity contribution is 6.24. The van der Waals surface area contributed by atoms with Gasteiger partial charge in [-0.1, -0.05) is 0 Å². The Morgan fingerprint density at radius 1 is 1.11 bits per heavy atom. The maximum Gasteiger partial charge on any atom is 0.312 e. The Hall–Kier alpha value is -1.95. The average Bonchev–Trinajstić information content (AvgIpc) is 2.64. The van der Waals surface area contributed by atoms with Gasteiger partial charge in [-0.25, -0.2) is 0 Å². The number of benzene rings is 1. The Morgan fingerprint density at radius 2 is 1.79 bits per heavy atom. The van der Waals surface area contributed by atoms with Crippen LogP contribution in [0.3, 0.4) is 0 Å². The topological polar surface area (TPSA) is 73.9 Å². The normalized spacial score (nSPS) is 32.7. The molecule has 0 spiro atoms. The summed E-state index contributed by atoms with van der Waals surface area (Å²) < 4.78 is 15.9. The maximum absolute atomic E-state index is 12.9. The minimum atomic E-state index is -0.505. The Bertz CT molecular complexity index is 781. The molecule has 0 aromatic heterocycles. The molecule has 152 valence electrons. The van der Waals surface area contributed by atoms with E-state index >= 15 is 0 Å². The monoisotopic (exact) mass is 407 g/mol. The van der Waals surface area contributed by atoms with Crippen LogP contribution in [-0.4, -0.2) is 37.6 Å². The van der Waals surface area contributed by atoms with Crippen molar-refractivity contribution in [2.75, 3.05) is 26.1 Å². The molecule has 6 nitrogen and oxygen atoms in total. The molecule has 0 saturated heterocycles. The fraction of sp³-hybridized carbons (Fsp3) is 0.619. The minimum absolute atomic E-state index is 0.259. The van der Waals surface area contributed by atoms with E-state index < -0.39 is 5.41 Å². The fourth-order valence-corrected chi connectivity index (χ4v) is 6.48. The van der Waals surface area contributed by atoms with Gasteiger partial charge in [0, 0.05) is 16.6 Å². The van der Waals surface area contributed by atoms with Crippen molar-refractivity contribution in [2.45, 2.75) is 43.4 Å². The van der Waals surface area contributed by atoms with Gasteiger partial charge in [0.25, 0.3) is 5.91 Å². The van der Waals surface area contributed by atoms with Crippen LogP contribution < -0.4 is 14.8 Å². The number of methoxy groups -OCH3 is 2. The Labute approximate surface area is 169 Å². The van der Waals surface area contributed by atoms with Crippen molar-refractivity contribution in [3.63, 3.8) is 0 Å². The number of hydrogen-bond acceptors (Lipinski definition) is 5. The van der Waals surface area contributed by atoms with Crippen molar-refractivity contribution in [2.24, 2.45) is 17.3 Å². The minimum Gasteiger partial charge on any atom is -0.493 e. The van der Waals surface area contributed by atoms with Crippen LogP contribution in [0.1, 0.15) is 38.5 Å². The summed E-state index contributed by atoms with van der Waals surface area (Å²) in [5.41, 5.74) is 0.0448. The molecule has 4 aliphatic rings. The van der Waals surface area contributed by atoms with Gasteiger partial charge >= 0.3 is 5.97 Å². The molecule has 7 heteroatoms. The van der Waals surface area contributed by atoms with Gasteiger partial charge in [-0.2, -0.15) is 0 Å². The number of carbonyl (C=O) groups excluding carboxylic acids is 2. The molecule has 1 aromatic rings. The first kappa shape index (κ1) is 19.4. The van der Waals surface area contributed by atoms with Crippen LogP contribution in [0, 0.1) is 17.3 Å². The van der Waals surface area contributed by atoms with E-state index in [2.05, 4.69) is 5.32 Å². The largest absolute Gasteiger partial charge is 0.493 e. The molecule has 2 unspecified atom stereocenters. The van der Waals surface area contributed by atoms with Gasteiger partial charge in [-0.05, 0) is 62.5 Å². The summed E-state index contributed by atoms with van der Waals surface area (Å²) in [4.78, 5) is 24.9. The second-order valence-electron chi connectivity index (χ2n) is 8.59. The summed E-state index contributed by atoms with van der Waals surface area (Å²) in [6, 6.07) is 5.07. The van der Waals surface area contributed by atoms with Crippen molar-refractivity contribution in [1.29, 1.82) is 0 Å². The van der Waals surface area contributed by atoms with Crippen molar-refractivity contribution < 1.29 is 23.8 Å². The molecule has 1 aromatic carbocycles. The first-order valence-electron chi connectivity index (χ1n) is 9.73. The van der Waals surface area contributed by atoms with E-state index in [1.165, 1.54) is 13.5 Å². The highest BCUT2D eigenvalue weighted by Crippen LogP contribution is 2.64. The predicted molar refractivity (Wildman–Crippen MR) is 105 cm³/mol. The molecule has 0 radical (unpaired) electrons. The predicted octanol–water partition coefficient (Wildman–Crippen LogP) is 3.76. The standard InChI is InChI=1S/C21H26ClNO5/c1-26-16-4-3-15(6-17(16)27-2)23-18(24)11-28-19(25)20-7-13-5-14(8-20)10-21(22,9-13)12-20/h3-4,6,13-14H,5,7-12H2,1-2H3,(H,23,24). The van der Waals surface area contributed by atoms with E-state index in [4.69, 9.17) is 25.8 Å². The van der Waals surface area contributed by atoms with Gasteiger partial charge in [0.2, 0.25) is 0 Å². The molecule has 4 saturated carbocycles. The highest BCUT2D eigenvalue weighted by Gasteiger charge is 2.60.